The van der Waals surface area contributed by atoms with Crippen molar-refractivity contribution < 1.29 is 23.4 Å². The SMILES string of the molecule is O=C(O)c1cc(S(=O)(=O)NCC2CC(O)C2)cn1C1CC1. The lowest BCUT2D eigenvalue weighted by molar-refractivity contribution is 0.0453. The van der Waals surface area contributed by atoms with Crippen molar-refractivity contribution in [1.82, 2.24) is 9.29 Å². The monoisotopic (exact) mass is 314 g/mol. The highest BCUT2D eigenvalue weighted by molar-refractivity contribution is 7.89. The van der Waals surface area contributed by atoms with E-state index in [0.29, 0.717) is 12.8 Å². The van der Waals surface area contributed by atoms with Crippen molar-refractivity contribution in [2.24, 2.45) is 5.92 Å². The number of carbonyl (C=O) groups is 1. The summed E-state index contributed by atoms with van der Waals surface area (Å²) in [6, 6.07) is 1.31. The van der Waals surface area contributed by atoms with Gasteiger partial charge in [0.05, 0.1) is 6.10 Å². The minimum Gasteiger partial charge on any atom is -0.477 e. The van der Waals surface area contributed by atoms with Gasteiger partial charge >= 0.3 is 5.97 Å². The Kier molecular flexibility index (Phi) is 3.54. The number of carboxylic acid groups (broad SMARTS) is 1. The third kappa shape index (κ3) is 2.97. The van der Waals surface area contributed by atoms with E-state index in [1.807, 2.05) is 0 Å². The van der Waals surface area contributed by atoms with Crippen molar-refractivity contribution in [3.63, 3.8) is 0 Å². The Morgan fingerprint density at radius 1 is 1.38 bits per heavy atom. The average molecular weight is 314 g/mol. The van der Waals surface area contributed by atoms with Crippen molar-refractivity contribution in [3.8, 4) is 0 Å². The fraction of sp³-hybridized carbons (Fsp3) is 0.615. The summed E-state index contributed by atoms with van der Waals surface area (Å²) in [4.78, 5) is 11.2. The number of sulfonamides is 1. The van der Waals surface area contributed by atoms with Crippen molar-refractivity contribution in [3.05, 3.63) is 18.0 Å². The zero-order chi connectivity index (χ0) is 15.2. The maximum Gasteiger partial charge on any atom is 0.352 e. The van der Waals surface area contributed by atoms with E-state index in [4.69, 9.17) is 5.11 Å². The molecule has 2 fully saturated rings. The predicted molar refractivity (Wildman–Crippen MR) is 73.6 cm³/mol. The van der Waals surface area contributed by atoms with Crippen LogP contribution in [0.5, 0.6) is 0 Å². The molecule has 7 nitrogen and oxygen atoms in total. The van der Waals surface area contributed by atoms with Gasteiger partial charge in [-0.25, -0.2) is 17.9 Å². The van der Waals surface area contributed by atoms with Crippen LogP contribution in [0, 0.1) is 5.92 Å². The molecule has 8 heteroatoms. The van der Waals surface area contributed by atoms with Gasteiger partial charge in [0.1, 0.15) is 10.6 Å². The largest absolute Gasteiger partial charge is 0.477 e. The van der Waals surface area contributed by atoms with Gasteiger partial charge in [-0.05, 0) is 37.7 Å². The Bertz CT molecular complexity index is 656. The van der Waals surface area contributed by atoms with E-state index in [1.54, 1.807) is 0 Å². The third-order valence-electron chi connectivity index (χ3n) is 4.07. The summed E-state index contributed by atoms with van der Waals surface area (Å²) in [6.07, 6.45) is 4.04. The summed E-state index contributed by atoms with van der Waals surface area (Å²) < 4.78 is 28.4. The topological polar surface area (TPSA) is 109 Å². The lowest BCUT2D eigenvalue weighted by atomic mass is 9.83. The number of carboxylic acids is 1. The van der Waals surface area contributed by atoms with E-state index in [1.165, 1.54) is 16.8 Å². The minimum atomic E-state index is -3.71. The molecular formula is C13H18N2O5S. The van der Waals surface area contributed by atoms with Gasteiger partial charge in [0, 0.05) is 18.8 Å². The van der Waals surface area contributed by atoms with Crippen LogP contribution in [0.1, 0.15) is 42.2 Å². The van der Waals surface area contributed by atoms with Crippen LogP contribution in [0.2, 0.25) is 0 Å². The fourth-order valence-corrected chi connectivity index (χ4v) is 3.75. The first-order valence-corrected chi connectivity index (χ1v) is 8.48. The predicted octanol–water partition coefficient (Wildman–Crippen LogP) is 0.570. The molecule has 3 N–H and O–H groups in total. The van der Waals surface area contributed by atoms with E-state index in [0.717, 1.165) is 12.8 Å². The summed E-state index contributed by atoms with van der Waals surface area (Å²) in [7, 11) is -3.71. The first-order chi connectivity index (χ1) is 9.87. The van der Waals surface area contributed by atoms with Crippen LogP contribution in [0.3, 0.4) is 0 Å². The van der Waals surface area contributed by atoms with Crippen LogP contribution in [0.15, 0.2) is 17.2 Å². The molecule has 1 aromatic heterocycles. The molecular weight excluding hydrogens is 296 g/mol. The summed E-state index contributed by atoms with van der Waals surface area (Å²) in [5.74, 6) is -0.968. The Balaban J connectivity index is 1.75. The quantitative estimate of drug-likeness (QED) is 0.711. The van der Waals surface area contributed by atoms with Crippen LogP contribution >= 0.6 is 0 Å². The zero-order valence-electron chi connectivity index (χ0n) is 11.4. The number of nitrogens with one attached hydrogen (secondary N) is 1. The molecule has 2 aliphatic carbocycles. The number of hydrogen-bond donors (Lipinski definition) is 3. The Morgan fingerprint density at radius 3 is 2.57 bits per heavy atom. The molecule has 1 aromatic rings. The molecule has 2 aliphatic rings. The minimum absolute atomic E-state index is 0.00771. The molecule has 0 atom stereocenters. The lowest BCUT2D eigenvalue weighted by Crippen LogP contribution is -2.38. The van der Waals surface area contributed by atoms with E-state index in [9.17, 15) is 18.3 Å². The second kappa shape index (κ2) is 5.11. The van der Waals surface area contributed by atoms with Crippen LogP contribution in [-0.4, -0.2) is 41.8 Å². The molecule has 116 valence electrons. The Morgan fingerprint density at radius 2 is 2.05 bits per heavy atom. The number of aromatic nitrogens is 1. The number of hydrogen-bond acceptors (Lipinski definition) is 4. The van der Waals surface area contributed by atoms with Crippen LogP contribution < -0.4 is 4.72 Å². The summed E-state index contributed by atoms with van der Waals surface area (Å²) >= 11 is 0. The van der Waals surface area contributed by atoms with Gasteiger partial charge < -0.3 is 14.8 Å². The summed E-state index contributed by atoms with van der Waals surface area (Å²) in [6.45, 7) is 0.274. The molecule has 0 saturated heterocycles. The zero-order valence-corrected chi connectivity index (χ0v) is 12.2. The number of aromatic carboxylic acids is 1. The molecule has 0 bridgehead atoms. The first kappa shape index (κ1) is 14.6. The number of aliphatic hydroxyl groups excluding tert-OH is 1. The molecule has 2 saturated carbocycles. The average Bonchev–Trinajstić information content (AvgIpc) is 3.11. The van der Waals surface area contributed by atoms with E-state index in [-0.39, 0.29) is 35.2 Å². The van der Waals surface area contributed by atoms with Crippen molar-refractivity contribution >= 4 is 16.0 Å². The molecule has 0 aliphatic heterocycles. The van der Waals surface area contributed by atoms with Gasteiger partial charge in [-0.15, -0.1) is 0 Å². The molecule has 3 rings (SSSR count). The van der Waals surface area contributed by atoms with Crippen LogP contribution in [0.4, 0.5) is 0 Å². The van der Waals surface area contributed by atoms with E-state index in [2.05, 4.69) is 4.72 Å². The van der Waals surface area contributed by atoms with Gasteiger partial charge in [0.15, 0.2) is 0 Å². The standard InChI is InChI=1S/C13H18N2O5S/c16-10-3-8(4-10)6-14-21(19,20)11-5-12(13(17)18)15(7-11)9-1-2-9/h5,7-10,14,16H,1-4,6H2,(H,17,18). The Hall–Kier alpha value is -1.38. The smallest absolute Gasteiger partial charge is 0.352 e. The van der Waals surface area contributed by atoms with Gasteiger partial charge in [-0.2, -0.15) is 0 Å². The summed E-state index contributed by atoms with van der Waals surface area (Å²) in [5, 5.41) is 18.3. The molecule has 0 amide bonds. The van der Waals surface area contributed by atoms with Crippen LogP contribution in [-0.2, 0) is 10.0 Å². The van der Waals surface area contributed by atoms with Crippen LogP contribution in [0.25, 0.3) is 0 Å². The van der Waals surface area contributed by atoms with Gasteiger partial charge in [0.2, 0.25) is 10.0 Å². The van der Waals surface area contributed by atoms with E-state index < -0.39 is 16.0 Å². The van der Waals surface area contributed by atoms with Gasteiger partial charge in [-0.3, -0.25) is 0 Å². The van der Waals surface area contributed by atoms with E-state index >= 15 is 0 Å². The molecule has 0 spiro atoms. The van der Waals surface area contributed by atoms with Crippen molar-refractivity contribution in [1.29, 1.82) is 0 Å². The molecule has 21 heavy (non-hydrogen) atoms. The number of rotatable bonds is 6. The maximum atomic E-state index is 12.2. The molecule has 0 unspecified atom stereocenters. The van der Waals surface area contributed by atoms with Gasteiger partial charge in [-0.1, -0.05) is 0 Å². The second-order valence-corrected chi connectivity index (χ2v) is 7.61. The molecule has 0 radical (unpaired) electrons. The highest BCUT2D eigenvalue weighted by Crippen LogP contribution is 2.37. The normalized spacial score (nSPS) is 25.6. The maximum absolute atomic E-state index is 12.2. The first-order valence-electron chi connectivity index (χ1n) is 6.99. The fourth-order valence-electron chi connectivity index (χ4n) is 2.61. The second-order valence-electron chi connectivity index (χ2n) is 5.85. The van der Waals surface area contributed by atoms with Crippen molar-refractivity contribution in [2.45, 2.75) is 42.7 Å². The summed E-state index contributed by atoms with van der Waals surface area (Å²) in [5.41, 5.74) is 0.0111. The van der Waals surface area contributed by atoms with Crippen molar-refractivity contribution in [2.75, 3.05) is 6.54 Å². The number of aliphatic hydroxyl groups is 1. The lowest BCUT2D eigenvalue weighted by Gasteiger charge is -2.31. The molecule has 1 heterocycles. The van der Waals surface area contributed by atoms with Gasteiger partial charge in [0.25, 0.3) is 0 Å². The number of nitrogens with zero attached hydrogens (tertiary/aromatic N) is 1. The highest BCUT2D eigenvalue weighted by Gasteiger charge is 2.32. The highest BCUT2D eigenvalue weighted by atomic mass is 32.2. The third-order valence-corrected chi connectivity index (χ3v) is 5.46. The Labute approximate surface area is 122 Å². The molecule has 0 aromatic carbocycles.